The van der Waals surface area contributed by atoms with E-state index in [1.54, 1.807) is 24.7 Å². The molecular formula is C20H19N5O2. The van der Waals surface area contributed by atoms with Crippen LogP contribution in [0.4, 0.5) is 11.4 Å². The Bertz CT molecular complexity index is 934. The number of hydrogen-bond donors (Lipinski definition) is 2. The van der Waals surface area contributed by atoms with Gasteiger partial charge in [-0.05, 0) is 48.5 Å². The zero-order chi connectivity index (χ0) is 18.6. The van der Waals surface area contributed by atoms with Gasteiger partial charge in [0.15, 0.2) is 0 Å². The Morgan fingerprint density at radius 2 is 1.78 bits per heavy atom. The number of carbonyl (C=O) groups is 2. The van der Waals surface area contributed by atoms with E-state index in [9.17, 15) is 9.59 Å². The molecule has 0 aliphatic carbocycles. The van der Waals surface area contributed by atoms with Crippen molar-refractivity contribution in [2.45, 2.75) is 0 Å². The van der Waals surface area contributed by atoms with Crippen LogP contribution in [-0.2, 0) is 4.79 Å². The number of carbonyl (C=O) groups excluding carboxylic acids is 2. The standard InChI is InChI=1S/C20H19N5O2/c26-19-13-24(12-10-22-19)17-7-3-16(4-8-17)23-20(27)15-1-5-18(6-2-15)25-11-9-21-14-25/h1-9,11,14H,10,12-13H2,(H,22,26)(H,23,27). The molecule has 2 N–H and O–H groups in total. The number of rotatable bonds is 4. The van der Waals surface area contributed by atoms with E-state index in [-0.39, 0.29) is 11.8 Å². The molecule has 2 amide bonds. The summed E-state index contributed by atoms with van der Waals surface area (Å²) in [7, 11) is 0. The molecule has 136 valence electrons. The molecule has 2 aromatic carbocycles. The quantitative estimate of drug-likeness (QED) is 0.746. The van der Waals surface area contributed by atoms with E-state index in [0.717, 1.165) is 17.9 Å². The Hall–Kier alpha value is -3.61. The number of nitrogens with one attached hydrogen (secondary N) is 2. The minimum absolute atomic E-state index is 0.0257. The minimum Gasteiger partial charge on any atom is -0.360 e. The van der Waals surface area contributed by atoms with Crippen LogP contribution in [0.5, 0.6) is 0 Å². The summed E-state index contributed by atoms with van der Waals surface area (Å²) < 4.78 is 1.88. The number of piperazine rings is 1. The normalized spacial score (nSPS) is 13.9. The molecule has 0 spiro atoms. The van der Waals surface area contributed by atoms with Crippen molar-refractivity contribution >= 4 is 23.2 Å². The predicted molar refractivity (Wildman–Crippen MR) is 103 cm³/mol. The van der Waals surface area contributed by atoms with Crippen molar-refractivity contribution in [3.8, 4) is 5.69 Å². The third kappa shape index (κ3) is 3.82. The highest BCUT2D eigenvalue weighted by atomic mass is 16.2. The van der Waals surface area contributed by atoms with Gasteiger partial charge in [0.05, 0.1) is 12.9 Å². The van der Waals surface area contributed by atoms with E-state index in [2.05, 4.69) is 15.6 Å². The van der Waals surface area contributed by atoms with Gasteiger partial charge in [-0.1, -0.05) is 0 Å². The zero-order valence-electron chi connectivity index (χ0n) is 14.6. The first-order valence-electron chi connectivity index (χ1n) is 8.70. The molecule has 0 saturated carbocycles. The van der Waals surface area contributed by atoms with E-state index in [0.29, 0.717) is 24.3 Å². The summed E-state index contributed by atoms with van der Waals surface area (Å²) in [5.41, 5.74) is 3.20. The molecule has 4 rings (SSSR count). The van der Waals surface area contributed by atoms with Crippen LogP contribution in [0.25, 0.3) is 5.69 Å². The van der Waals surface area contributed by atoms with Gasteiger partial charge in [-0.3, -0.25) is 9.59 Å². The predicted octanol–water partition coefficient (Wildman–Crippen LogP) is 2.06. The number of aromatic nitrogens is 2. The van der Waals surface area contributed by atoms with Gasteiger partial charge < -0.3 is 20.1 Å². The smallest absolute Gasteiger partial charge is 0.255 e. The summed E-state index contributed by atoms with van der Waals surface area (Å²) in [6.07, 6.45) is 5.27. The number of imidazole rings is 1. The molecule has 0 unspecified atom stereocenters. The maximum atomic E-state index is 12.4. The maximum Gasteiger partial charge on any atom is 0.255 e. The molecule has 0 bridgehead atoms. The highest BCUT2D eigenvalue weighted by molar-refractivity contribution is 6.04. The lowest BCUT2D eigenvalue weighted by Gasteiger charge is -2.28. The largest absolute Gasteiger partial charge is 0.360 e. The Morgan fingerprint density at radius 3 is 2.44 bits per heavy atom. The van der Waals surface area contributed by atoms with Crippen molar-refractivity contribution in [1.29, 1.82) is 0 Å². The fourth-order valence-corrected chi connectivity index (χ4v) is 3.01. The van der Waals surface area contributed by atoms with Gasteiger partial charge in [0.25, 0.3) is 5.91 Å². The average Bonchev–Trinajstić information content (AvgIpc) is 3.23. The first-order chi connectivity index (χ1) is 13.2. The Balaban J connectivity index is 1.41. The van der Waals surface area contributed by atoms with Crippen molar-refractivity contribution in [1.82, 2.24) is 14.9 Å². The van der Waals surface area contributed by atoms with Gasteiger partial charge in [0.1, 0.15) is 0 Å². The van der Waals surface area contributed by atoms with Gasteiger partial charge in [-0.25, -0.2) is 4.98 Å². The molecule has 2 heterocycles. The Morgan fingerprint density at radius 1 is 1.04 bits per heavy atom. The van der Waals surface area contributed by atoms with Crippen LogP contribution in [0.3, 0.4) is 0 Å². The summed E-state index contributed by atoms with van der Waals surface area (Å²) in [6.45, 7) is 1.78. The molecule has 7 nitrogen and oxygen atoms in total. The number of benzene rings is 2. The number of hydrogen-bond acceptors (Lipinski definition) is 4. The first kappa shape index (κ1) is 16.8. The molecule has 1 saturated heterocycles. The lowest BCUT2D eigenvalue weighted by atomic mass is 10.2. The highest BCUT2D eigenvalue weighted by Crippen LogP contribution is 2.19. The van der Waals surface area contributed by atoms with Crippen LogP contribution in [0.1, 0.15) is 10.4 Å². The van der Waals surface area contributed by atoms with Gasteiger partial charge in [0.2, 0.25) is 5.91 Å². The average molecular weight is 361 g/mol. The fraction of sp³-hybridized carbons (Fsp3) is 0.150. The molecule has 1 aliphatic rings. The second kappa shape index (κ2) is 7.33. The first-order valence-corrected chi connectivity index (χ1v) is 8.70. The summed E-state index contributed by atoms with van der Waals surface area (Å²) >= 11 is 0. The highest BCUT2D eigenvalue weighted by Gasteiger charge is 2.16. The number of amides is 2. The second-order valence-electron chi connectivity index (χ2n) is 6.29. The van der Waals surface area contributed by atoms with Gasteiger partial charge in [-0.2, -0.15) is 0 Å². The summed E-state index contributed by atoms with van der Waals surface area (Å²) in [5, 5.41) is 5.70. The SMILES string of the molecule is O=C1CN(c2ccc(NC(=O)c3ccc(-n4ccnc4)cc3)cc2)CCN1. The van der Waals surface area contributed by atoms with Crippen molar-refractivity contribution in [3.63, 3.8) is 0 Å². The Kier molecular flexibility index (Phi) is 4.57. The minimum atomic E-state index is -0.169. The summed E-state index contributed by atoms with van der Waals surface area (Å²) in [5.74, 6) is -0.143. The molecule has 3 aromatic rings. The molecule has 1 aromatic heterocycles. The Labute approximate surface area is 156 Å². The van der Waals surface area contributed by atoms with Crippen LogP contribution in [0.15, 0.2) is 67.3 Å². The van der Waals surface area contributed by atoms with Crippen LogP contribution >= 0.6 is 0 Å². The maximum absolute atomic E-state index is 12.4. The fourth-order valence-electron chi connectivity index (χ4n) is 3.01. The van der Waals surface area contributed by atoms with Gasteiger partial charge in [-0.15, -0.1) is 0 Å². The lowest BCUT2D eigenvalue weighted by Crippen LogP contribution is -2.47. The third-order valence-corrected chi connectivity index (χ3v) is 4.46. The third-order valence-electron chi connectivity index (χ3n) is 4.46. The lowest BCUT2D eigenvalue weighted by molar-refractivity contribution is -0.120. The van der Waals surface area contributed by atoms with Gasteiger partial charge >= 0.3 is 0 Å². The summed E-state index contributed by atoms with van der Waals surface area (Å²) in [6, 6.07) is 14.8. The van der Waals surface area contributed by atoms with Crippen LogP contribution in [0, 0.1) is 0 Å². The van der Waals surface area contributed by atoms with E-state index < -0.39 is 0 Å². The number of anilines is 2. The molecule has 27 heavy (non-hydrogen) atoms. The van der Waals surface area contributed by atoms with Crippen LogP contribution < -0.4 is 15.5 Å². The van der Waals surface area contributed by atoms with Crippen molar-refractivity contribution in [2.24, 2.45) is 0 Å². The van der Waals surface area contributed by atoms with E-state index in [1.807, 2.05) is 52.1 Å². The van der Waals surface area contributed by atoms with Gasteiger partial charge in [0, 0.05) is 48.1 Å². The molecular weight excluding hydrogens is 342 g/mol. The topological polar surface area (TPSA) is 79.3 Å². The van der Waals surface area contributed by atoms with Crippen LogP contribution in [-0.4, -0.2) is 41.0 Å². The summed E-state index contributed by atoms with van der Waals surface area (Å²) in [4.78, 5) is 30.0. The second-order valence-corrected chi connectivity index (χ2v) is 6.29. The van der Waals surface area contributed by atoms with Crippen molar-refractivity contribution in [3.05, 3.63) is 72.8 Å². The monoisotopic (exact) mass is 361 g/mol. The molecule has 0 atom stereocenters. The van der Waals surface area contributed by atoms with E-state index in [1.165, 1.54) is 0 Å². The molecule has 7 heteroatoms. The molecule has 1 aliphatic heterocycles. The van der Waals surface area contributed by atoms with E-state index in [4.69, 9.17) is 0 Å². The van der Waals surface area contributed by atoms with Crippen molar-refractivity contribution < 1.29 is 9.59 Å². The van der Waals surface area contributed by atoms with Crippen molar-refractivity contribution in [2.75, 3.05) is 29.9 Å². The molecule has 1 fully saturated rings. The molecule has 0 radical (unpaired) electrons. The van der Waals surface area contributed by atoms with E-state index >= 15 is 0 Å². The number of nitrogens with zero attached hydrogens (tertiary/aromatic N) is 3. The zero-order valence-corrected chi connectivity index (χ0v) is 14.6. The van der Waals surface area contributed by atoms with Crippen LogP contribution in [0.2, 0.25) is 0 Å².